The summed E-state index contributed by atoms with van der Waals surface area (Å²) in [6.07, 6.45) is 2.53. The third-order valence-corrected chi connectivity index (χ3v) is 4.93. The van der Waals surface area contributed by atoms with E-state index in [1.807, 2.05) is 36.4 Å². The number of ketones is 1. The Labute approximate surface area is 159 Å². The van der Waals surface area contributed by atoms with Gasteiger partial charge in [-0.2, -0.15) is 0 Å². The maximum absolute atomic E-state index is 13.8. The second kappa shape index (κ2) is 9.42. The maximum Gasteiger partial charge on any atom is 0.287 e. The third kappa shape index (κ3) is 5.73. The van der Waals surface area contributed by atoms with Crippen LogP contribution in [-0.2, 0) is 22.6 Å². The molecule has 1 heterocycles. The number of aryl methyl sites for hydroxylation is 1. The number of amides is 1. The van der Waals surface area contributed by atoms with E-state index in [9.17, 15) is 14.0 Å². The molecule has 1 aliphatic heterocycles. The van der Waals surface area contributed by atoms with Gasteiger partial charge in [-0.3, -0.25) is 14.5 Å². The van der Waals surface area contributed by atoms with Crippen molar-refractivity contribution in [3.8, 4) is 0 Å². The molecule has 3 rings (SSSR count). The van der Waals surface area contributed by atoms with Gasteiger partial charge in [0, 0.05) is 31.1 Å². The smallest absolute Gasteiger partial charge is 0.287 e. The lowest BCUT2D eigenvalue weighted by atomic mass is 10.0. The third-order valence-electron chi connectivity index (χ3n) is 4.93. The van der Waals surface area contributed by atoms with Crippen molar-refractivity contribution in [2.45, 2.75) is 38.3 Å². The first-order chi connectivity index (χ1) is 13.1. The van der Waals surface area contributed by atoms with Crippen LogP contribution in [0.25, 0.3) is 0 Å². The average Bonchev–Trinajstić information content (AvgIpc) is 2.69. The summed E-state index contributed by atoms with van der Waals surface area (Å²) in [4.78, 5) is 26.5. The summed E-state index contributed by atoms with van der Waals surface area (Å²) < 4.78 is 13.8. The first-order valence-corrected chi connectivity index (χ1v) is 9.45. The summed E-state index contributed by atoms with van der Waals surface area (Å²) in [6.45, 7) is 2.01. The van der Waals surface area contributed by atoms with Crippen LogP contribution in [0.3, 0.4) is 0 Å². The quantitative estimate of drug-likeness (QED) is 0.764. The molecule has 0 aliphatic carbocycles. The highest BCUT2D eigenvalue weighted by molar-refractivity contribution is 6.36. The molecule has 1 fully saturated rings. The second-order valence-electron chi connectivity index (χ2n) is 7.05. The van der Waals surface area contributed by atoms with Crippen LogP contribution in [-0.4, -0.2) is 35.7 Å². The summed E-state index contributed by atoms with van der Waals surface area (Å²) in [7, 11) is 0. The van der Waals surface area contributed by atoms with Crippen LogP contribution in [0.1, 0.15) is 30.4 Å². The van der Waals surface area contributed by atoms with Crippen LogP contribution in [0.5, 0.6) is 0 Å². The fourth-order valence-electron chi connectivity index (χ4n) is 3.47. The van der Waals surface area contributed by atoms with Crippen molar-refractivity contribution in [1.82, 2.24) is 10.2 Å². The molecular formula is C22H25FN2O2. The number of Topliss-reactive ketones (excluding diaryl/α,β-unsaturated/α-hetero) is 1. The second-order valence-corrected chi connectivity index (χ2v) is 7.05. The van der Waals surface area contributed by atoms with Gasteiger partial charge in [-0.15, -0.1) is 0 Å². The highest BCUT2D eigenvalue weighted by Gasteiger charge is 2.24. The number of halogens is 1. The maximum atomic E-state index is 13.8. The molecule has 0 spiro atoms. The van der Waals surface area contributed by atoms with Crippen LogP contribution < -0.4 is 5.32 Å². The highest BCUT2D eigenvalue weighted by Crippen LogP contribution is 2.16. The van der Waals surface area contributed by atoms with E-state index < -0.39 is 5.91 Å². The molecule has 142 valence electrons. The molecule has 2 aromatic rings. The Morgan fingerprint density at radius 2 is 1.81 bits per heavy atom. The molecule has 2 aromatic carbocycles. The van der Waals surface area contributed by atoms with Crippen molar-refractivity contribution in [3.63, 3.8) is 0 Å². The molecule has 1 amide bonds. The molecule has 4 nitrogen and oxygen atoms in total. The molecule has 1 aliphatic rings. The van der Waals surface area contributed by atoms with E-state index in [0.29, 0.717) is 25.1 Å². The minimum atomic E-state index is -0.510. The number of likely N-dealkylation sites (tertiary alicyclic amines) is 1. The highest BCUT2D eigenvalue weighted by atomic mass is 19.1. The van der Waals surface area contributed by atoms with E-state index in [0.717, 1.165) is 24.9 Å². The SMILES string of the molecule is O=C(CCc1ccccc1)C(=O)N[C@H]1CCCN(Cc2ccccc2F)C1. The number of nitrogens with one attached hydrogen (secondary N) is 1. The van der Waals surface area contributed by atoms with Gasteiger partial charge in [0.1, 0.15) is 5.82 Å². The molecule has 0 unspecified atom stereocenters. The minimum Gasteiger partial charge on any atom is -0.345 e. The number of benzene rings is 2. The van der Waals surface area contributed by atoms with Gasteiger partial charge in [-0.1, -0.05) is 48.5 Å². The summed E-state index contributed by atoms with van der Waals surface area (Å²) in [5.74, 6) is -1.10. The molecule has 0 radical (unpaired) electrons. The molecule has 0 aromatic heterocycles. The van der Waals surface area contributed by atoms with Crippen molar-refractivity contribution in [2.75, 3.05) is 13.1 Å². The van der Waals surface area contributed by atoms with E-state index in [1.165, 1.54) is 6.07 Å². The zero-order valence-corrected chi connectivity index (χ0v) is 15.4. The monoisotopic (exact) mass is 368 g/mol. The Bertz CT molecular complexity index is 779. The summed E-state index contributed by atoms with van der Waals surface area (Å²) in [5, 5.41) is 2.86. The van der Waals surface area contributed by atoms with E-state index in [1.54, 1.807) is 12.1 Å². The van der Waals surface area contributed by atoms with Gasteiger partial charge in [-0.25, -0.2) is 4.39 Å². The van der Waals surface area contributed by atoms with Gasteiger partial charge >= 0.3 is 0 Å². The first-order valence-electron chi connectivity index (χ1n) is 9.45. The number of hydrogen-bond acceptors (Lipinski definition) is 3. The van der Waals surface area contributed by atoms with Crippen molar-refractivity contribution in [1.29, 1.82) is 0 Å². The lowest BCUT2D eigenvalue weighted by Gasteiger charge is -2.33. The van der Waals surface area contributed by atoms with Crippen LogP contribution in [0, 0.1) is 5.82 Å². The largest absolute Gasteiger partial charge is 0.345 e. The van der Waals surface area contributed by atoms with Crippen molar-refractivity contribution < 1.29 is 14.0 Å². The van der Waals surface area contributed by atoms with Gasteiger partial charge < -0.3 is 5.32 Å². The number of hydrogen-bond donors (Lipinski definition) is 1. The Kier molecular flexibility index (Phi) is 6.71. The standard InChI is InChI=1S/C22H25FN2O2/c23-20-11-5-4-9-18(20)15-25-14-6-10-19(16-25)24-22(27)21(26)13-12-17-7-2-1-3-8-17/h1-5,7-9,11,19H,6,10,12-16H2,(H,24,27)/t19-/m0/s1. The number of carbonyl (C=O) groups excluding carboxylic acids is 2. The molecule has 27 heavy (non-hydrogen) atoms. The van der Waals surface area contributed by atoms with Crippen LogP contribution >= 0.6 is 0 Å². The minimum absolute atomic E-state index is 0.0706. The fourth-order valence-corrected chi connectivity index (χ4v) is 3.47. The summed E-state index contributed by atoms with van der Waals surface area (Å²) >= 11 is 0. The van der Waals surface area contributed by atoms with Crippen molar-refractivity contribution in [2.24, 2.45) is 0 Å². The zero-order chi connectivity index (χ0) is 19.1. The number of piperidine rings is 1. The Morgan fingerprint density at radius 3 is 2.59 bits per heavy atom. The van der Waals surface area contributed by atoms with Gasteiger partial charge in [0.05, 0.1) is 0 Å². The average molecular weight is 368 g/mol. The van der Waals surface area contributed by atoms with E-state index >= 15 is 0 Å². The van der Waals surface area contributed by atoms with Crippen molar-refractivity contribution in [3.05, 3.63) is 71.5 Å². The van der Waals surface area contributed by atoms with Crippen LogP contribution in [0.4, 0.5) is 4.39 Å². The molecular weight excluding hydrogens is 343 g/mol. The lowest BCUT2D eigenvalue weighted by molar-refractivity contribution is -0.138. The van der Waals surface area contributed by atoms with Crippen LogP contribution in [0.15, 0.2) is 54.6 Å². The first kappa shape index (κ1) is 19.2. The van der Waals surface area contributed by atoms with E-state index in [2.05, 4.69) is 10.2 Å². The predicted octanol–water partition coefficient (Wildman–Crippen LogP) is 3.11. The van der Waals surface area contributed by atoms with Gasteiger partial charge in [-0.05, 0) is 37.4 Å². The Hall–Kier alpha value is -2.53. The Morgan fingerprint density at radius 1 is 1.07 bits per heavy atom. The Balaban J connectivity index is 1.47. The molecule has 0 bridgehead atoms. The normalized spacial score (nSPS) is 17.4. The number of nitrogens with zero attached hydrogens (tertiary/aromatic N) is 1. The van der Waals surface area contributed by atoms with E-state index in [4.69, 9.17) is 0 Å². The van der Waals surface area contributed by atoms with Gasteiger partial charge in [0.2, 0.25) is 5.78 Å². The van der Waals surface area contributed by atoms with Gasteiger partial charge in [0.25, 0.3) is 5.91 Å². The predicted molar refractivity (Wildman–Crippen MR) is 103 cm³/mol. The lowest BCUT2D eigenvalue weighted by Crippen LogP contribution is -2.49. The van der Waals surface area contributed by atoms with Gasteiger partial charge in [0.15, 0.2) is 0 Å². The summed E-state index contributed by atoms with van der Waals surface area (Å²) in [5.41, 5.74) is 1.70. The fraction of sp³-hybridized carbons (Fsp3) is 0.364. The molecule has 1 saturated heterocycles. The zero-order valence-electron chi connectivity index (χ0n) is 15.4. The molecule has 1 atom stereocenters. The van der Waals surface area contributed by atoms with Crippen LogP contribution in [0.2, 0.25) is 0 Å². The number of rotatable bonds is 7. The number of carbonyl (C=O) groups is 2. The van der Waals surface area contributed by atoms with Crippen molar-refractivity contribution >= 4 is 11.7 Å². The van der Waals surface area contributed by atoms with E-state index in [-0.39, 0.29) is 24.1 Å². The molecule has 5 heteroatoms. The summed E-state index contributed by atoms with van der Waals surface area (Å²) in [6, 6.07) is 16.4. The topological polar surface area (TPSA) is 49.4 Å². The molecule has 1 N–H and O–H groups in total. The molecule has 0 saturated carbocycles.